The second kappa shape index (κ2) is 8.29. The maximum absolute atomic E-state index is 13.3. The third-order valence-corrected chi connectivity index (χ3v) is 5.78. The van der Waals surface area contributed by atoms with Crippen molar-refractivity contribution in [2.45, 2.75) is 26.2 Å². The zero-order valence-corrected chi connectivity index (χ0v) is 17.1. The molecule has 4 rings (SSSR count). The highest BCUT2D eigenvalue weighted by atomic mass is 35.5. The van der Waals surface area contributed by atoms with Gasteiger partial charge in [0.1, 0.15) is 0 Å². The molecule has 0 saturated carbocycles. The molecule has 2 heterocycles. The van der Waals surface area contributed by atoms with Crippen LogP contribution in [0.4, 0.5) is 5.69 Å². The third-order valence-electron chi connectivity index (χ3n) is 5.53. The summed E-state index contributed by atoms with van der Waals surface area (Å²) in [5, 5.41) is 5.20. The van der Waals surface area contributed by atoms with Crippen molar-refractivity contribution in [2.75, 3.05) is 19.6 Å². The highest BCUT2D eigenvalue weighted by Crippen LogP contribution is 2.33. The lowest BCUT2D eigenvalue weighted by molar-refractivity contribution is 0.0916. The van der Waals surface area contributed by atoms with Crippen LogP contribution in [-0.2, 0) is 0 Å². The van der Waals surface area contributed by atoms with Crippen LogP contribution in [0.15, 0.2) is 47.6 Å². The van der Waals surface area contributed by atoms with Gasteiger partial charge in [-0.15, -0.1) is 0 Å². The van der Waals surface area contributed by atoms with Crippen molar-refractivity contribution in [3.05, 3.63) is 69.2 Å². The number of nitrogens with zero attached hydrogens (tertiary/aromatic N) is 5. The lowest BCUT2D eigenvalue weighted by atomic mass is 10.0. The fraction of sp³-hybridized carbons (Fsp3) is 0.318. The van der Waals surface area contributed by atoms with Crippen LogP contribution >= 0.6 is 11.6 Å². The molecular weight excluding hydrogens is 386 g/mol. The van der Waals surface area contributed by atoms with Crippen molar-refractivity contribution in [1.82, 2.24) is 9.47 Å². The first kappa shape index (κ1) is 19.5. The number of carbonyl (C=O) groups excluding carboxylic acids is 1. The second-order valence-corrected chi connectivity index (χ2v) is 7.86. The Morgan fingerprint density at radius 2 is 1.86 bits per heavy atom. The third kappa shape index (κ3) is 3.87. The Morgan fingerprint density at radius 3 is 2.55 bits per heavy atom. The van der Waals surface area contributed by atoms with E-state index in [0.717, 1.165) is 48.2 Å². The number of hydrogen-bond donors (Lipinski definition) is 0. The van der Waals surface area contributed by atoms with Crippen molar-refractivity contribution in [2.24, 2.45) is 5.11 Å². The minimum atomic E-state index is 0.0974. The van der Waals surface area contributed by atoms with Gasteiger partial charge >= 0.3 is 0 Å². The Morgan fingerprint density at radius 1 is 1.14 bits per heavy atom. The van der Waals surface area contributed by atoms with Gasteiger partial charge in [-0.3, -0.25) is 9.69 Å². The molecule has 1 aromatic heterocycles. The van der Waals surface area contributed by atoms with Crippen LogP contribution in [0, 0.1) is 6.92 Å². The second-order valence-electron chi connectivity index (χ2n) is 7.42. The molecule has 0 radical (unpaired) electrons. The molecule has 6 nitrogen and oxygen atoms in total. The molecule has 1 aliphatic heterocycles. The van der Waals surface area contributed by atoms with Crippen molar-refractivity contribution < 1.29 is 4.79 Å². The van der Waals surface area contributed by atoms with Crippen molar-refractivity contribution in [1.29, 1.82) is 0 Å². The SMILES string of the molecule is Cc1c(C(=O)CN2CCCCC2)c2cc(N=[N+]=[N-])ccc2n1-c1ccc(Cl)cc1. The summed E-state index contributed by atoms with van der Waals surface area (Å²) in [6, 6.07) is 13.0. The molecule has 0 amide bonds. The van der Waals surface area contributed by atoms with E-state index in [1.807, 2.05) is 37.3 Å². The van der Waals surface area contributed by atoms with Crippen LogP contribution < -0.4 is 0 Å². The molecule has 3 aromatic rings. The smallest absolute Gasteiger partial charge is 0.179 e. The molecule has 0 atom stereocenters. The molecular formula is C22H22ClN5O. The number of ketones is 1. The lowest BCUT2D eigenvalue weighted by Crippen LogP contribution is -2.34. The fourth-order valence-electron chi connectivity index (χ4n) is 4.20. The first-order valence-corrected chi connectivity index (χ1v) is 10.2. The summed E-state index contributed by atoms with van der Waals surface area (Å²) in [5.41, 5.74) is 12.7. The van der Waals surface area contributed by atoms with Gasteiger partial charge in [0.05, 0.1) is 12.1 Å². The number of carbonyl (C=O) groups is 1. The minimum Gasteiger partial charge on any atom is -0.313 e. The standard InChI is InChI=1S/C22H22ClN5O/c1-15-22(21(29)14-27-11-3-2-4-12-27)19-13-17(25-26-24)7-10-20(19)28(15)18-8-5-16(23)6-9-18/h5-10,13H,2-4,11-12,14H2,1H3. The van der Waals surface area contributed by atoms with Crippen LogP contribution in [0.5, 0.6) is 0 Å². The molecule has 1 aliphatic rings. The van der Waals surface area contributed by atoms with Gasteiger partial charge in [0.15, 0.2) is 5.78 Å². The number of rotatable bonds is 5. The number of azide groups is 1. The van der Waals surface area contributed by atoms with E-state index >= 15 is 0 Å². The van der Waals surface area contributed by atoms with E-state index in [-0.39, 0.29) is 5.78 Å². The molecule has 0 aliphatic carbocycles. The first-order valence-electron chi connectivity index (χ1n) is 9.80. The quantitative estimate of drug-likeness (QED) is 0.218. The van der Waals surface area contributed by atoms with Crippen molar-refractivity contribution in [3.8, 4) is 5.69 Å². The topological polar surface area (TPSA) is 74.0 Å². The maximum atomic E-state index is 13.3. The number of fused-ring (bicyclic) bond motifs is 1. The summed E-state index contributed by atoms with van der Waals surface area (Å²) in [4.78, 5) is 18.5. The van der Waals surface area contributed by atoms with Crippen LogP contribution in [0.25, 0.3) is 27.0 Å². The monoisotopic (exact) mass is 407 g/mol. The van der Waals surface area contributed by atoms with E-state index in [2.05, 4.69) is 19.5 Å². The van der Waals surface area contributed by atoms with E-state index in [9.17, 15) is 4.79 Å². The van der Waals surface area contributed by atoms with E-state index in [1.54, 1.807) is 12.1 Å². The van der Waals surface area contributed by atoms with Gasteiger partial charge in [-0.05, 0) is 74.8 Å². The summed E-state index contributed by atoms with van der Waals surface area (Å²) >= 11 is 6.06. The van der Waals surface area contributed by atoms with Crippen LogP contribution in [0.3, 0.4) is 0 Å². The lowest BCUT2D eigenvalue weighted by Gasteiger charge is -2.25. The minimum absolute atomic E-state index is 0.0974. The zero-order valence-electron chi connectivity index (χ0n) is 16.3. The van der Waals surface area contributed by atoms with Gasteiger partial charge in [0.2, 0.25) is 0 Å². The number of Topliss-reactive ketones (excluding diaryl/α,β-unsaturated/α-hetero) is 1. The Bertz CT molecular complexity index is 1110. The highest BCUT2D eigenvalue weighted by Gasteiger charge is 2.23. The number of likely N-dealkylation sites (tertiary alicyclic amines) is 1. The molecule has 1 saturated heterocycles. The van der Waals surface area contributed by atoms with E-state index in [0.29, 0.717) is 22.8 Å². The van der Waals surface area contributed by atoms with E-state index in [1.165, 1.54) is 6.42 Å². The van der Waals surface area contributed by atoms with Crippen LogP contribution in [0.1, 0.15) is 35.3 Å². The number of benzene rings is 2. The summed E-state index contributed by atoms with van der Waals surface area (Å²) in [6.45, 7) is 4.30. The van der Waals surface area contributed by atoms with Gasteiger partial charge in [-0.25, -0.2) is 0 Å². The predicted octanol–water partition coefficient (Wildman–Crippen LogP) is 6.20. The number of hydrogen-bond acceptors (Lipinski definition) is 3. The number of aromatic nitrogens is 1. The summed E-state index contributed by atoms with van der Waals surface area (Å²) in [7, 11) is 0. The Balaban J connectivity index is 1.85. The Labute approximate surface area is 174 Å². The highest BCUT2D eigenvalue weighted by molar-refractivity contribution is 6.30. The molecule has 29 heavy (non-hydrogen) atoms. The molecule has 0 N–H and O–H groups in total. The number of halogens is 1. The summed E-state index contributed by atoms with van der Waals surface area (Å²) in [6.07, 6.45) is 3.51. The van der Waals surface area contributed by atoms with Gasteiger partial charge in [0, 0.05) is 38.0 Å². The Kier molecular flexibility index (Phi) is 5.58. The van der Waals surface area contributed by atoms with Gasteiger partial charge < -0.3 is 4.57 Å². The molecule has 0 bridgehead atoms. The predicted molar refractivity (Wildman–Crippen MR) is 116 cm³/mol. The van der Waals surface area contributed by atoms with E-state index < -0.39 is 0 Å². The first-order chi connectivity index (χ1) is 14.1. The molecule has 7 heteroatoms. The Hall–Kier alpha value is -2.79. The van der Waals surface area contributed by atoms with E-state index in [4.69, 9.17) is 17.1 Å². The van der Waals surface area contributed by atoms with Crippen molar-refractivity contribution in [3.63, 3.8) is 0 Å². The number of piperidine rings is 1. The molecule has 0 spiro atoms. The van der Waals surface area contributed by atoms with Gasteiger partial charge in [-0.1, -0.05) is 29.2 Å². The summed E-state index contributed by atoms with van der Waals surface area (Å²) in [5.74, 6) is 0.0974. The van der Waals surface area contributed by atoms with Crippen LogP contribution in [0.2, 0.25) is 5.02 Å². The average molecular weight is 408 g/mol. The largest absolute Gasteiger partial charge is 0.313 e. The van der Waals surface area contributed by atoms with Crippen molar-refractivity contribution >= 4 is 34.0 Å². The molecule has 2 aromatic carbocycles. The molecule has 0 unspecified atom stereocenters. The zero-order chi connectivity index (χ0) is 20.4. The maximum Gasteiger partial charge on any atom is 0.179 e. The molecule has 1 fully saturated rings. The molecule has 148 valence electrons. The normalized spacial score (nSPS) is 14.7. The summed E-state index contributed by atoms with van der Waals surface area (Å²) < 4.78 is 2.06. The van der Waals surface area contributed by atoms with Gasteiger partial charge in [-0.2, -0.15) is 0 Å². The van der Waals surface area contributed by atoms with Gasteiger partial charge in [0.25, 0.3) is 0 Å². The average Bonchev–Trinajstić information content (AvgIpc) is 3.01. The van der Waals surface area contributed by atoms with Crippen LogP contribution in [-0.4, -0.2) is 34.9 Å². The fourth-order valence-corrected chi connectivity index (χ4v) is 4.32.